The molecule has 2 N–H and O–H groups in total. The maximum atomic E-state index is 14.2. The van der Waals surface area contributed by atoms with Crippen LogP contribution in [0, 0.1) is 11.8 Å². The smallest absolute Gasteiger partial charge is 0.329 e. The Bertz CT molecular complexity index is 2490. The van der Waals surface area contributed by atoms with E-state index in [2.05, 4.69) is 35.5 Å². The first kappa shape index (κ1) is 41.8. The molecule has 0 bridgehead atoms. The molecule has 328 valence electrons. The number of aryl methyl sites for hydroxylation is 2. The van der Waals surface area contributed by atoms with Gasteiger partial charge in [-0.05, 0) is 119 Å². The number of pyridine rings is 1. The number of carbonyl (C=O) groups is 3. The molecule has 17 heteroatoms. The third-order valence-corrected chi connectivity index (χ3v) is 13.3. The highest BCUT2D eigenvalue weighted by Gasteiger charge is 2.32. The number of aromatic nitrogens is 6. The molecule has 5 aromatic rings. The number of nitrogens with zero attached hydrogens (tertiary/aromatic N) is 8. The summed E-state index contributed by atoms with van der Waals surface area (Å²) in [5.74, 6) is 0.337. The number of hydrogen-bond donors (Lipinski definition) is 2. The third-order valence-electron chi connectivity index (χ3n) is 13.3. The Morgan fingerprint density at radius 3 is 2.47 bits per heavy atom. The van der Waals surface area contributed by atoms with Gasteiger partial charge in [0.15, 0.2) is 11.4 Å². The fraction of sp³-hybridized carbons (Fsp3) is 0.533. The third kappa shape index (κ3) is 9.28. The minimum Gasteiger partial charge on any atom is -0.444 e. The number of piperidine rings is 3. The van der Waals surface area contributed by atoms with E-state index in [4.69, 9.17) is 4.42 Å². The van der Waals surface area contributed by atoms with Crippen molar-refractivity contribution < 1.29 is 27.6 Å². The SMILES string of the molecule is Cn1c(=O)n(C2CCC(=O)NC2=O)c2ccc(CN3CCC(CCCN4CCC(n5cc(NC(=O)c6coc(-c7ccnc(CCC8CC8)c7)n6)c(C(F)F)n5)CC4)CC3)cc21. The van der Waals surface area contributed by atoms with Gasteiger partial charge in [-0.15, -0.1) is 0 Å². The van der Waals surface area contributed by atoms with Gasteiger partial charge in [-0.2, -0.15) is 5.10 Å². The zero-order chi connectivity index (χ0) is 42.9. The summed E-state index contributed by atoms with van der Waals surface area (Å²) in [6.45, 7) is 5.48. The van der Waals surface area contributed by atoms with Gasteiger partial charge in [0.2, 0.25) is 17.7 Å². The number of likely N-dealkylation sites (tertiary alicyclic amines) is 2. The van der Waals surface area contributed by atoms with Crippen molar-refractivity contribution in [3.8, 4) is 11.5 Å². The van der Waals surface area contributed by atoms with Gasteiger partial charge in [-0.1, -0.05) is 18.9 Å². The Balaban J connectivity index is 0.715. The van der Waals surface area contributed by atoms with Crippen LogP contribution in [0.5, 0.6) is 0 Å². The number of hydrogen-bond acceptors (Lipinski definition) is 10. The summed E-state index contributed by atoms with van der Waals surface area (Å²) in [4.78, 5) is 64.3. The Kier molecular flexibility index (Phi) is 12.2. The Morgan fingerprint density at radius 2 is 1.71 bits per heavy atom. The van der Waals surface area contributed by atoms with Crippen LogP contribution in [-0.4, -0.2) is 89.1 Å². The number of fused-ring (bicyclic) bond motifs is 1. The summed E-state index contributed by atoms with van der Waals surface area (Å²) < 4.78 is 38.6. The number of anilines is 1. The van der Waals surface area contributed by atoms with Gasteiger partial charge < -0.3 is 14.6 Å². The lowest BCUT2D eigenvalue weighted by Crippen LogP contribution is -2.44. The number of halogens is 2. The largest absolute Gasteiger partial charge is 0.444 e. The number of oxazole rings is 1. The minimum atomic E-state index is -2.86. The van der Waals surface area contributed by atoms with Crippen LogP contribution in [0.3, 0.4) is 0 Å². The van der Waals surface area contributed by atoms with Gasteiger partial charge in [-0.3, -0.25) is 43.4 Å². The van der Waals surface area contributed by atoms with E-state index in [-0.39, 0.29) is 41.3 Å². The average Bonchev–Trinajstić information content (AvgIpc) is 3.68. The lowest BCUT2D eigenvalue weighted by Gasteiger charge is -2.34. The highest BCUT2D eigenvalue weighted by atomic mass is 19.3. The van der Waals surface area contributed by atoms with Crippen molar-refractivity contribution in [2.45, 2.75) is 102 Å². The molecule has 15 nitrogen and oxygen atoms in total. The van der Waals surface area contributed by atoms with E-state index in [1.165, 1.54) is 29.9 Å². The summed E-state index contributed by atoms with van der Waals surface area (Å²) in [5, 5.41) is 9.21. The molecule has 9 rings (SSSR count). The summed E-state index contributed by atoms with van der Waals surface area (Å²) in [5.41, 5.74) is 3.49. The van der Waals surface area contributed by atoms with Crippen molar-refractivity contribution in [2.75, 3.05) is 38.0 Å². The second-order valence-corrected chi connectivity index (χ2v) is 17.7. The molecule has 4 aliphatic rings. The quantitative estimate of drug-likeness (QED) is 0.112. The van der Waals surface area contributed by atoms with Crippen LogP contribution < -0.4 is 16.3 Å². The fourth-order valence-corrected chi connectivity index (χ4v) is 9.49. The number of alkyl halides is 2. The minimum absolute atomic E-state index is 0.00575. The molecular formula is C45H54F2N10O5. The molecule has 7 heterocycles. The van der Waals surface area contributed by atoms with Crippen molar-refractivity contribution in [1.82, 2.24) is 44.0 Å². The van der Waals surface area contributed by atoms with Crippen molar-refractivity contribution in [2.24, 2.45) is 18.9 Å². The van der Waals surface area contributed by atoms with Crippen LogP contribution in [0.4, 0.5) is 14.5 Å². The van der Waals surface area contributed by atoms with E-state index in [0.717, 1.165) is 113 Å². The van der Waals surface area contributed by atoms with Crippen molar-refractivity contribution >= 4 is 34.4 Å². The number of carbonyl (C=O) groups excluding carboxylic acids is 3. The lowest BCUT2D eigenvalue weighted by atomic mass is 9.91. The number of imidazole rings is 1. The summed E-state index contributed by atoms with van der Waals surface area (Å²) in [6.07, 6.45) is 12.7. The number of amides is 3. The normalized spacial score (nSPS) is 19.8. The molecule has 1 aromatic carbocycles. The first-order chi connectivity index (χ1) is 30.1. The predicted octanol–water partition coefficient (Wildman–Crippen LogP) is 6.43. The molecule has 3 saturated heterocycles. The van der Waals surface area contributed by atoms with Gasteiger partial charge in [0.25, 0.3) is 12.3 Å². The highest BCUT2D eigenvalue weighted by molar-refractivity contribution is 6.03. The van der Waals surface area contributed by atoms with Gasteiger partial charge in [0.1, 0.15) is 12.3 Å². The lowest BCUT2D eigenvalue weighted by molar-refractivity contribution is -0.135. The number of rotatable bonds is 15. The molecular weight excluding hydrogens is 799 g/mol. The standard InChI is InChI=1S/C45H54F2N10O5/c1-53-38-23-30(7-9-36(38)57(45(53)61)37-10-11-39(58)51-43(37)60)25-55-19-13-28(14-20-55)3-2-18-54-21-15-33(16-22-54)56-26-34(40(52-56)41(46)47)49-42(59)35-27-62-44(50-35)31-12-17-48-32(24-31)8-6-29-4-5-29/h7,9,12,17,23-24,26-29,33,37,41H,2-6,8,10-11,13-16,18-22,25H2,1H3,(H,49,59)(H,51,58,60). The fourth-order valence-electron chi connectivity index (χ4n) is 9.49. The molecule has 62 heavy (non-hydrogen) atoms. The number of imide groups is 1. The average molecular weight is 853 g/mol. The van der Waals surface area contributed by atoms with Gasteiger partial charge >= 0.3 is 5.69 Å². The summed E-state index contributed by atoms with van der Waals surface area (Å²) >= 11 is 0. The number of benzene rings is 1. The molecule has 4 fully saturated rings. The highest BCUT2D eigenvalue weighted by Crippen LogP contribution is 2.34. The maximum Gasteiger partial charge on any atom is 0.329 e. The molecule has 4 aromatic heterocycles. The Labute approximate surface area is 357 Å². The molecule has 0 spiro atoms. The molecule has 1 saturated carbocycles. The Morgan fingerprint density at radius 1 is 0.935 bits per heavy atom. The molecule has 1 atom stereocenters. The predicted molar refractivity (Wildman–Crippen MR) is 226 cm³/mol. The van der Waals surface area contributed by atoms with Crippen LogP contribution in [-0.2, 0) is 29.6 Å². The van der Waals surface area contributed by atoms with Crippen molar-refractivity contribution in [3.63, 3.8) is 0 Å². The van der Waals surface area contributed by atoms with Crippen LogP contribution in [0.15, 0.2) is 58.2 Å². The molecule has 0 radical (unpaired) electrons. The first-order valence-electron chi connectivity index (χ1n) is 22.1. The van der Waals surface area contributed by atoms with Crippen molar-refractivity contribution in [1.29, 1.82) is 0 Å². The topological polar surface area (TPSA) is 165 Å². The summed E-state index contributed by atoms with van der Waals surface area (Å²) in [7, 11) is 1.72. The summed E-state index contributed by atoms with van der Waals surface area (Å²) in [6, 6.07) is 8.94. The molecule has 1 aliphatic carbocycles. The molecule has 3 amide bonds. The van der Waals surface area contributed by atoms with Crippen LogP contribution in [0.2, 0.25) is 0 Å². The second-order valence-electron chi connectivity index (χ2n) is 17.7. The van der Waals surface area contributed by atoms with Crippen LogP contribution in [0.25, 0.3) is 22.5 Å². The first-order valence-corrected chi connectivity index (χ1v) is 22.1. The van der Waals surface area contributed by atoms with E-state index in [1.807, 2.05) is 24.3 Å². The van der Waals surface area contributed by atoms with E-state index >= 15 is 0 Å². The molecule has 3 aliphatic heterocycles. The number of nitrogens with one attached hydrogen (secondary N) is 2. The van der Waals surface area contributed by atoms with Gasteiger partial charge in [0.05, 0.1) is 22.8 Å². The van der Waals surface area contributed by atoms with E-state index in [0.29, 0.717) is 23.4 Å². The maximum absolute atomic E-state index is 14.2. The van der Waals surface area contributed by atoms with E-state index < -0.39 is 30.0 Å². The Hall–Kier alpha value is -5.55. The zero-order valence-corrected chi connectivity index (χ0v) is 35.1. The second kappa shape index (κ2) is 18.0. The monoisotopic (exact) mass is 852 g/mol. The zero-order valence-electron chi connectivity index (χ0n) is 35.1. The van der Waals surface area contributed by atoms with Crippen LogP contribution in [0.1, 0.15) is 117 Å². The van der Waals surface area contributed by atoms with Crippen LogP contribution >= 0.6 is 0 Å². The van der Waals surface area contributed by atoms with E-state index in [1.54, 1.807) is 28.6 Å². The van der Waals surface area contributed by atoms with E-state index in [9.17, 15) is 28.0 Å². The van der Waals surface area contributed by atoms with Gasteiger partial charge in [-0.25, -0.2) is 18.6 Å². The van der Waals surface area contributed by atoms with Crippen molar-refractivity contribution in [3.05, 3.63) is 82.1 Å². The molecule has 1 unspecified atom stereocenters. The van der Waals surface area contributed by atoms with Gasteiger partial charge in [0, 0.05) is 56.8 Å².